The minimum atomic E-state index is -0.736. The van der Waals surface area contributed by atoms with Crippen molar-refractivity contribution in [1.82, 2.24) is 20.6 Å². The normalized spacial score (nSPS) is 10.5. The topological polar surface area (TPSA) is 151 Å². The fraction of sp³-hybridized carbons (Fsp3) is 0.267. The van der Waals surface area contributed by atoms with Crippen LogP contribution in [0.5, 0.6) is 11.5 Å². The first-order chi connectivity index (χ1) is 12.5. The Morgan fingerprint density at radius 2 is 2.15 bits per heavy atom. The number of nitrogens with zero attached hydrogens (tertiary/aromatic N) is 2. The van der Waals surface area contributed by atoms with Crippen LogP contribution in [0.25, 0.3) is 0 Å². The summed E-state index contributed by atoms with van der Waals surface area (Å²) in [5.41, 5.74) is 1.52. The van der Waals surface area contributed by atoms with Crippen molar-refractivity contribution in [1.29, 1.82) is 0 Å². The number of amides is 1. The highest BCUT2D eigenvalue weighted by molar-refractivity contribution is 5.84. The zero-order valence-electron chi connectivity index (χ0n) is 14.2. The van der Waals surface area contributed by atoms with E-state index in [2.05, 4.69) is 20.9 Å². The molecule has 0 aliphatic carbocycles. The van der Waals surface area contributed by atoms with E-state index in [-0.39, 0.29) is 12.4 Å². The molecular formula is C15H18N6O5. The van der Waals surface area contributed by atoms with E-state index >= 15 is 0 Å². The number of ether oxygens (including phenoxy) is 2. The fourth-order valence-electron chi connectivity index (χ4n) is 1.89. The Kier molecular flexibility index (Phi) is 6.48. The summed E-state index contributed by atoms with van der Waals surface area (Å²) in [4.78, 5) is 35.9. The lowest BCUT2D eigenvalue weighted by atomic mass is 10.2. The minimum Gasteiger partial charge on any atom is -0.493 e. The van der Waals surface area contributed by atoms with Crippen LogP contribution in [0.1, 0.15) is 12.5 Å². The number of anilines is 1. The third-order valence-corrected chi connectivity index (χ3v) is 3.02. The van der Waals surface area contributed by atoms with Gasteiger partial charge in [0.05, 0.1) is 26.5 Å². The molecule has 0 saturated carbocycles. The van der Waals surface area contributed by atoms with Crippen LogP contribution >= 0.6 is 0 Å². The fourth-order valence-corrected chi connectivity index (χ4v) is 1.89. The molecule has 0 bridgehead atoms. The Bertz CT molecular complexity index is 904. The molecule has 0 fully saturated rings. The summed E-state index contributed by atoms with van der Waals surface area (Å²) < 4.78 is 10.6. The number of hydrogen-bond acceptors (Lipinski definition) is 8. The van der Waals surface area contributed by atoms with Gasteiger partial charge in [-0.15, -0.1) is 5.10 Å². The number of carbonyl (C=O) groups excluding carboxylic acids is 1. The first-order valence-corrected chi connectivity index (χ1v) is 7.59. The molecule has 2 aromatic rings. The molecule has 11 nitrogen and oxygen atoms in total. The molecule has 11 heteroatoms. The second-order valence-electron chi connectivity index (χ2n) is 4.85. The number of methoxy groups -OCH3 is 1. The van der Waals surface area contributed by atoms with Crippen LogP contribution in [0, 0.1) is 0 Å². The van der Waals surface area contributed by atoms with Crippen molar-refractivity contribution in [2.24, 2.45) is 5.10 Å². The molecule has 138 valence electrons. The summed E-state index contributed by atoms with van der Waals surface area (Å²) in [6.45, 7) is 2.13. The Morgan fingerprint density at radius 3 is 2.85 bits per heavy atom. The van der Waals surface area contributed by atoms with E-state index in [1.807, 2.05) is 17.0 Å². The van der Waals surface area contributed by atoms with Gasteiger partial charge in [0.2, 0.25) is 5.82 Å². The van der Waals surface area contributed by atoms with E-state index in [0.29, 0.717) is 23.7 Å². The van der Waals surface area contributed by atoms with Gasteiger partial charge < -0.3 is 14.8 Å². The van der Waals surface area contributed by atoms with Crippen LogP contribution in [0.4, 0.5) is 5.82 Å². The maximum absolute atomic E-state index is 11.7. The summed E-state index contributed by atoms with van der Waals surface area (Å²) >= 11 is 0. The lowest BCUT2D eigenvalue weighted by molar-refractivity contribution is -0.119. The largest absolute Gasteiger partial charge is 0.493 e. The Hall–Kier alpha value is -3.63. The first-order valence-electron chi connectivity index (χ1n) is 7.59. The monoisotopic (exact) mass is 362 g/mol. The average molecular weight is 362 g/mol. The number of rotatable bonds is 8. The van der Waals surface area contributed by atoms with Gasteiger partial charge in [-0.1, -0.05) is 0 Å². The van der Waals surface area contributed by atoms with Gasteiger partial charge in [-0.2, -0.15) is 5.10 Å². The van der Waals surface area contributed by atoms with Crippen LogP contribution in [0.15, 0.2) is 32.9 Å². The SMILES string of the molecule is CCOc1ccc(/C=N\NC(=O)CNc2n[nH]c(=O)[nH]c2=O)cc1OC. The van der Waals surface area contributed by atoms with Crippen molar-refractivity contribution in [2.75, 3.05) is 25.6 Å². The molecule has 0 aliphatic rings. The summed E-state index contributed by atoms with van der Waals surface area (Å²) in [5.74, 6) is 0.470. The van der Waals surface area contributed by atoms with Gasteiger partial charge >= 0.3 is 5.69 Å². The summed E-state index contributed by atoms with van der Waals surface area (Å²) in [7, 11) is 1.53. The van der Waals surface area contributed by atoms with E-state index in [4.69, 9.17) is 9.47 Å². The van der Waals surface area contributed by atoms with Crippen molar-refractivity contribution < 1.29 is 14.3 Å². The Balaban J connectivity index is 1.90. The second kappa shape index (κ2) is 9.01. The molecule has 1 amide bonds. The highest BCUT2D eigenvalue weighted by Crippen LogP contribution is 2.27. The van der Waals surface area contributed by atoms with E-state index in [0.717, 1.165) is 0 Å². The predicted molar refractivity (Wildman–Crippen MR) is 93.9 cm³/mol. The number of aromatic amines is 2. The molecule has 0 unspecified atom stereocenters. The molecule has 0 saturated heterocycles. The van der Waals surface area contributed by atoms with E-state index in [1.165, 1.54) is 13.3 Å². The van der Waals surface area contributed by atoms with Gasteiger partial charge in [-0.3, -0.25) is 14.6 Å². The third kappa shape index (κ3) is 5.19. The molecule has 1 aromatic heterocycles. The second-order valence-corrected chi connectivity index (χ2v) is 4.85. The zero-order chi connectivity index (χ0) is 18.9. The molecule has 2 rings (SSSR count). The lowest BCUT2D eigenvalue weighted by Gasteiger charge is -2.09. The number of carbonyl (C=O) groups is 1. The van der Waals surface area contributed by atoms with Gasteiger partial charge in [-0.05, 0) is 30.7 Å². The molecule has 0 aliphatic heterocycles. The quantitative estimate of drug-likeness (QED) is 0.362. The molecule has 0 atom stereocenters. The number of H-pyrrole nitrogens is 2. The van der Waals surface area contributed by atoms with Gasteiger partial charge in [0.15, 0.2) is 11.5 Å². The zero-order valence-corrected chi connectivity index (χ0v) is 14.2. The van der Waals surface area contributed by atoms with Gasteiger partial charge in [0, 0.05) is 0 Å². The van der Waals surface area contributed by atoms with Crippen molar-refractivity contribution in [3.8, 4) is 11.5 Å². The van der Waals surface area contributed by atoms with Gasteiger partial charge in [0.25, 0.3) is 11.5 Å². The van der Waals surface area contributed by atoms with Crippen LogP contribution in [-0.4, -0.2) is 47.6 Å². The van der Waals surface area contributed by atoms with Crippen molar-refractivity contribution in [3.05, 3.63) is 44.6 Å². The molecule has 0 radical (unpaired) electrons. The lowest BCUT2D eigenvalue weighted by Crippen LogP contribution is -2.31. The number of nitrogens with one attached hydrogen (secondary N) is 4. The standard InChI is InChI=1S/C15H18N6O5/c1-3-26-10-5-4-9(6-11(10)25-2)7-17-19-12(22)8-16-13-14(23)18-15(24)21-20-13/h4-7H,3,8H2,1-2H3,(H,16,20)(H,19,22)(H2,18,21,23,24)/b17-7-. The molecule has 26 heavy (non-hydrogen) atoms. The van der Waals surface area contributed by atoms with Crippen molar-refractivity contribution in [2.45, 2.75) is 6.92 Å². The smallest absolute Gasteiger partial charge is 0.342 e. The van der Waals surface area contributed by atoms with E-state index < -0.39 is 17.2 Å². The number of benzene rings is 1. The molecule has 1 aromatic carbocycles. The van der Waals surface area contributed by atoms with Gasteiger partial charge in [-0.25, -0.2) is 15.3 Å². The average Bonchev–Trinajstić information content (AvgIpc) is 2.62. The number of hydrogen-bond donors (Lipinski definition) is 4. The summed E-state index contributed by atoms with van der Waals surface area (Å²) in [6, 6.07) is 5.20. The number of aromatic nitrogens is 3. The first kappa shape index (κ1) is 18.7. The van der Waals surface area contributed by atoms with Crippen LogP contribution in [0.2, 0.25) is 0 Å². The minimum absolute atomic E-state index is 0.181. The van der Waals surface area contributed by atoms with Crippen LogP contribution in [0.3, 0.4) is 0 Å². The molecule has 4 N–H and O–H groups in total. The maximum atomic E-state index is 11.7. The summed E-state index contributed by atoms with van der Waals surface area (Å²) in [5, 5.41) is 11.8. The predicted octanol–water partition coefficient (Wildman–Crippen LogP) is -0.572. The number of hydrazone groups is 1. The van der Waals surface area contributed by atoms with E-state index in [9.17, 15) is 14.4 Å². The van der Waals surface area contributed by atoms with Crippen LogP contribution < -0.4 is 31.5 Å². The van der Waals surface area contributed by atoms with Crippen molar-refractivity contribution >= 4 is 17.9 Å². The third-order valence-electron chi connectivity index (χ3n) is 3.02. The maximum Gasteiger partial charge on any atom is 0.342 e. The Labute approximate surface area is 147 Å². The summed E-state index contributed by atoms with van der Waals surface area (Å²) in [6.07, 6.45) is 1.43. The van der Waals surface area contributed by atoms with Crippen LogP contribution in [-0.2, 0) is 4.79 Å². The van der Waals surface area contributed by atoms with Crippen molar-refractivity contribution in [3.63, 3.8) is 0 Å². The molecule has 0 spiro atoms. The highest BCUT2D eigenvalue weighted by Gasteiger charge is 2.06. The molecular weight excluding hydrogens is 344 g/mol. The van der Waals surface area contributed by atoms with Gasteiger partial charge in [0.1, 0.15) is 0 Å². The molecule has 1 heterocycles. The highest BCUT2D eigenvalue weighted by atomic mass is 16.5. The van der Waals surface area contributed by atoms with E-state index in [1.54, 1.807) is 18.2 Å². The Morgan fingerprint density at radius 1 is 1.35 bits per heavy atom.